The van der Waals surface area contributed by atoms with E-state index < -0.39 is 5.82 Å². The van der Waals surface area contributed by atoms with E-state index in [-0.39, 0.29) is 11.8 Å². The van der Waals surface area contributed by atoms with E-state index in [1.54, 1.807) is 6.07 Å². The Morgan fingerprint density at radius 1 is 1.24 bits per heavy atom. The number of ketones is 1. The van der Waals surface area contributed by atoms with Gasteiger partial charge in [0.15, 0.2) is 5.78 Å². The van der Waals surface area contributed by atoms with Gasteiger partial charge in [-0.15, -0.1) is 0 Å². The zero-order valence-corrected chi connectivity index (χ0v) is 9.74. The van der Waals surface area contributed by atoms with E-state index >= 15 is 0 Å². The molecular weight excluding hydrogens is 223 g/mol. The van der Waals surface area contributed by atoms with Crippen molar-refractivity contribution in [3.05, 3.63) is 35.6 Å². The van der Waals surface area contributed by atoms with Crippen LogP contribution >= 0.6 is 0 Å². The molecule has 0 N–H and O–H groups in total. The Bertz CT molecular complexity index is 401. The first-order valence-corrected chi connectivity index (χ1v) is 5.49. The zero-order chi connectivity index (χ0) is 12.7. The molecule has 0 spiro atoms. The number of unbranched alkanes of at least 4 members (excludes halogenated alkanes) is 1. The second-order valence-electron chi connectivity index (χ2n) is 3.72. The van der Waals surface area contributed by atoms with Crippen LogP contribution in [0.2, 0.25) is 0 Å². The number of ether oxygens (including phenoxy) is 1. The van der Waals surface area contributed by atoms with Gasteiger partial charge in [0.1, 0.15) is 5.82 Å². The zero-order valence-electron chi connectivity index (χ0n) is 9.74. The molecule has 0 fully saturated rings. The second-order valence-corrected chi connectivity index (χ2v) is 3.72. The summed E-state index contributed by atoms with van der Waals surface area (Å²) in [5, 5.41) is 0. The maximum atomic E-state index is 12.9. The van der Waals surface area contributed by atoms with Crippen molar-refractivity contribution in [3.63, 3.8) is 0 Å². The fourth-order valence-corrected chi connectivity index (χ4v) is 1.46. The molecule has 1 aromatic carbocycles. The van der Waals surface area contributed by atoms with Gasteiger partial charge in [-0.3, -0.25) is 9.59 Å². The molecule has 0 bridgehead atoms. The maximum absolute atomic E-state index is 12.9. The summed E-state index contributed by atoms with van der Waals surface area (Å²) in [5.41, 5.74) is 0.378. The van der Waals surface area contributed by atoms with Crippen molar-refractivity contribution < 1.29 is 18.7 Å². The van der Waals surface area contributed by atoms with Crippen LogP contribution in [-0.2, 0) is 9.53 Å². The van der Waals surface area contributed by atoms with Gasteiger partial charge < -0.3 is 4.74 Å². The minimum atomic E-state index is -0.412. The standard InChI is InChI=1S/C13H15FO3/c1-17-13(16)8-3-2-7-12(15)10-5-4-6-11(14)9-10/h4-6,9H,2-3,7-8H2,1H3. The number of benzene rings is 1. The number of esters is 1. The van der Waals surface area contributed by atoms with Gasteiger partial charge in [-0.25, -0.2) is 4.39 Å². The Morgan fingerprint density at radius 3 is 2.59 bits per heavy atom. The lowest BCUT2D eigenvalue weighted by Gasteiger charge is -2.01. The van der Waals surface area contributed by atoms with E-state index in [9.17, 15) is 14.0 Å². The Kier molecular flexibility index (Phi) is 5.33. The highest BCUT2D eigenvalue weighted by molar-refractivity contribution is 5.95. The smallest absolute Gasteiger partial charge is 0.305 e. The van der Waals surface area contributed by atoms with Crippen LogP contribution in [0.3, 0.4) is 0 Å². The molecule has 0 saturated carbocycles. The normalized spacial score (nSPS) is 10.0. The second kappa shape index (κ2) is 6.78. The van der Waals surface area contributed by atoms with E-state index in [0.29, 0.717) is 31.2 Å². The van der Waals surface area contributed by atoms with E-state index in [4.69, 9.17) is 0 Å². The van der Waals surface area contributed by atoms with Crippen LogP contribution in [0.4, 0.5) is 4.39 Å². The van der Waals surface area contributed by atoms with E-state index in [0.717, 1.165) is 0 Å². The van der Waals surface area contributed by atoms with Crippen LogP contribution in [0.5, 0.6) is 0 Å². The van der Waals surface area contributed by atoms with Crippen LogP contribution in [0.15, 0.2) is 24.3 Å². The van der Waals surface area contributed by atoms with Gasteiger partial charge in [-0.05, 0) is 25.0 Å². The molecule has 0 aromatic heterocycles. The van der Waals surface area contributed by atoms with Crippen molar-refractivity contribution >= 4 is 11.8 Å². The Balaban J connectivity index is 2.33. The average molecular weight is 238 g/mol. The summed E-state index contributed by atoms with van der Waals surface area (Å²) in [7, 11) is 1.33. The van der Waals surface area contributed by atoms with Crippen molar-refractivity contribution in [1.29, 1.82) is 0 Å². The molecule has 1 rings (SSSR count). The van der Waals surface area contributed by atoms with Crippen LogP contribution in [0, 0.1) is 5.82 Å². The van der Waals surface area contributed by atoms with Crippen LogP contribution in [0.25, 0.3) is 0 Å². The molecule has 17 heavy (non-hydrogen) atoms. The number of hydrogen-bond donors (Lipinski definition) is 0. The average Bonchev–Trinajstić information content (AvgIpc) is 2.34. The predicted molar refractivity (Wildman–Crippen MR) is 61.2 cm³/mol. The molecule has 0 aliphatic rings. The lowest BCUT2D eigenvalue weighted by molar-refractivity contribution is -0.140. The van der Waals surface area contributed by atoms with Gasteiger partial charge >= 0.3 is 5.97 Å². The summed E-state index contributed by atoms with van der Waals surface area (Å²) in [6.45, 7) is 0. The summed E-state index contributed by atoms with van der Waals surface area (Å²) >= 11 is 0. The molecule has 4 heteroatoms. The molecule has 3 nitrogen and oxygen atoms in total. The first-order valence-electron chi connectivity index (χ1n) is 5.49. The highest BCUT2D eigenvalue weighted by Gasteiger charge is 2.07. The number of methoxy groups -OCH3 is 1. The molecule has 0 heterocycles. The third kappa shape index (κ3) is 4.76. The largest absolute Gasteiger partial charge is 0.469 e. The number of halogens is 1. The van der Waals surface area contributed by atoms with Gasteiger partial charge in [0.2, 0.25) is 0 Å². The van der Waals surface area contributed by atoms with Gasteiger partial charge in [0, 0.05) is 18.4 Å². The van der Waals surface area contributed by atoms with Gasteiger partial charge in [-0.2, -0.15) is 0 Å². The molecular formula is C13H15FO3. The first-order chi connectivity index (χ1) is 8.13. The van der Waals surface area contributed by atoms with Crippen molar-refractivity contribution in [2.75, 3.05) is 7.11 Å². The van der Waals surface area contributed by atoms with Crippen molar-refractivity contribution in [3.8, 4) is 0 Å². The fourth-order valence-electron chi connectivity index (χ4n) is 1.46. The Labute approximate surface area is 99.6 Å². The topological polar surface area (TPSA) is 43.4 Å². The Morgan fingerprint density at radius 2 is 1.94 bits per heavy atom. The maximum Gasteiger partial charge on any atom is 0.305 e. The molecule has 0 atom stereocenters. The van der Waals surface area contributed by atoms with Crippen molar-refractivity contribution in [2.45, 2.75) is 25.7 Å². The fraction of sp³-hybridized carbons (Fsp3) is 0.385. The lowest BCUT2D eigenvalue weighted by atomic mass is 10.0. The third-order valence-corrected chi connectivity index (χ3v) is 2.41. The van der Waals surface area contributed by atoms with Gasteiger partial charge in [0.05, 0.1) is 7.11 Å². The predicted octanol–water partition coefficient (Wildman–Crippen LogP) is 2.74. The minimum Gasteiger partial charge on any atom is -0.469 e. The van der Waals surface area contributed by atoms with E-state index in [1.165, 1.54) is 25.3 Å². The molecule has 0 saturated heterocycles. The molecule has 0 aliphatic heterocycles. The molecule has 0 aliphatic carbocycles. The minimum absolute atomic E-state index is 0.102. The third-order valence-electron chi connectivity index (χ3n) is 2.41. The number of rotatable bonds is 6. The van der Waals surface area contributed by atoms with Crippen LogP contribution in [-0.4, -0.2) is 18.9 Å². The van der Waals surface area contributed by atoms with Gasteiger partial charge in [-0.1, -0.05) is 12.1 Å². The van der Waals surface area contributed by atoms with Crippen LogP contribution in [0.1, 0.15) is 36.0 Å². The van der Waals surface area contributed by atoms with Gasteiger partial charge in [0.25, 0.3) is 0 Å². The summed E-state index contributed by atoms with van der Waals surface area (Å²) < 4.78 is 17.3. The number of hydrogen-bond acceptors (Lipinski definition) is 3. The van der Waals surface area contributed by atoms with E-state index in [1.807, 2.05) is 0 Å². The molecule has 0 amide bonds. The number of carbonyl (C=O) groups excluding carboxylic acids is 2. The lowest BCUT2D eigenvalue weighted by Crippen LogP contribution is -2.02. The summed E-state index contributed by atoms with van der Waals surface area (Å²) in [6, 6.07) is 5.62. The molecule has 1 aromatic rings. The van der Waals surface area contributed by atoms with E-state index in [2.05, 4.69) is 4.74 Å². The highest BCUT2D eigenvalue weighted by Crippen LogP contribution is 2.10. The SMILES string of the molecule is COC(=O)CCCCC(=O)c1cccc(F)c1. The molecule has 92 valence electrons. The molecule has 0 unspecified atom stereocenters. The highest BCUT2D eigenvalue weighted by atomic mass is 19.1. The summed E-state index contributed by atoms with van der Waals surface area (Å²) in [4.78, 5) is 22.4. The quantitative estimate of drug-likeness (QED) is 0.435. The van der Waals surface area contributed by atoms with Crippen molar-refractivity contribution in [1.82, 2.24) is 0 Å². The van der Waals surface area contributed by atoms with Crippen molar-refractivity contribution in [2.24, 2.45) is 0 Å². The summed E-state index contributed by atoms with van der Waals surface area (Å²) in [6.07, 6.45) is 1.84. The monoisotopic (exact) mass is 238 g/mol. The van der Waals surface area contributed by atoms with Crippen LogP contribution < -0.4 is 0 Å². The number of carbonyl (C=O) groups is 2. The Hall–Kier alpha value is -1.71. The number of Topliss-reactive ketones (excluding diaryl/α,β-unsaturated/α-hetero) is 1. The summed E-state index contributed by atoms with van der Waals surface area (Å²) in [5.74, 6) is -0.789. The first kappa shape index (κ1) is 13.4. The molecule has 0 radical (unpaired) electrons.